The Labute approximate surface area is 363 Å². The summed E-state index contributed by atoms with van der Waals surface area (Å²) in [6, 6.07) is 0. The van der Waals surface area contributed by atoms with Crippen molar-refractivity contribution in [3.05, 3.63) is 60.8 Å². The van der Waals surface area contributed by atoms with Crippen molar-refractivity contribution < 1.29 is 32.8 Å². The van der Waals surface area contributed by atoms with Crippen molar-refractivity contribution in [2.75, 3.05) is 33.0 Å². The van der Waals surface area contributed by atoms with E-state index in [1.807, 2.05) is 0 Å². The Morgan fingerprint density at radius 2 is 0.949 bits per heavy atom. The molecule has 0 aromatic carbocycles. The smallest absolute Gasteiger partial charge is 0.457 e. The number of rotatable bonds is 46. The number of nitrogens with two attached hydrogens (primary N) is 1. The molecule has 0 saturated carbocycles. The van der Waals surface area contributed by atoms with E-state index in [9.17, 15) is 14.3 Å². The molecule has 0 heterocycles. The van der Waals surface area contributed by atoms with Gasteiger partial charge in [0.2, 0.25) is 0 Å². The Morgan fingerprint density at radius 1 is 0.525 bits per heavy atom. The van der Waals surface area contributed by atoms with Gasteiger partial charge in [-0.1, -0.05) is 209 Å². The maximum atomic E-state index is 12.6. The number of unbranched alkanes of at least 4 members (excludes halogenated alkanes) is 23. The van der Waals surface area contributed by atoms with Gasteiger partial charge in [-0.2, -0.15) is 0 Å². The molecule has 0 radical (unpaired) electrons. The lowest BCUT2D eigenvalue weighted by Crippen LogP contribution is -2.28. The molecule has 0 aliphatic carbocycles. The number of carbonyl (C=O) groups is 1. The van der Waals surface area contributed by atoms with Crippen LogP contribution >= 0.6 is 7.82 Å². The third kappa shape index (κ3) is 47.1. The maximum absolute atomic E-state index is 12.6. The maximum Gasteiger partial charge on any atom is 0.472 e. The number of ether oxygens (including phenoxy) is 2. The van der Waals surface area contributed by atoms with Gasteiger partial charge < -0.3 is 20.1 Å². The molecule has 0 aliphatic heterocycles. The summed E-state index contributed by atoms with van der Waals surface area (Å²) in [4.78, 5) is 22.6. The van der Waals surface area contributed by atoms with Crippen LogP contribution in [-0.2, 0) is 27.9 Å². The average Bonchev–Trinajstić information content (AvgIpc) is 3.23. The molecule has 2 atom stereocenters. The lowest BCUT2D eigenvalue weighted by Gasteiger charge is -2.20. The van der Waals surface area contributed by atoms with Crippen molar-refractivity contribution in [1.82, 2.24) is 0 Å². The van der Waals surface area contributed by atoms with Gasteiger partial charge in [0.15, 0.2) is 0 Å². The van der Waals surface area contributed by atoms with Crippen LogP contribution in [0.5, 0.6) is 0 Å². The quantitative estimate of drug-likeness (QED) is 0.0269. The first-order valence-electron chi connectivity index (χ1n) is 24.3. The van der Waals surface area contributed by atoms with Gasteiger partial charge in [-0.15, -0.1) is 0 Å². The topological polar surface area (TPSA) is 117 Å². The van der Waals surface area contributed by atoms with Gasteiger partial charge in [-0.3, -0.25) is 13.8 Å². The van der Waals surface area contributed by atoms with E-state index in [2.05, 4.69) is 74.6 Å². The zero-order valence-electron chi connectivity index (χ0n) is 38.2. The molecular formula is C50H92NO7P. The first-order valence-corrected chi connectivity index (χ1v) is 25.8. The molecule has 344 valence electrons. The van der Waals surface area contributed by atoms with Crippen LogP contribution in [0.3, 0.4) is 0 Å². The molecule has 0 rings (SSSR count). The van der Waals surface area contributed by atoms with Crippen LogP contribution in [0.25, 0.3) is 0 Å². The summed E-state index contributed by atoms with van der Waals surface area (Å²) in [7, 11) is -4.29. The lowest BCUT2D eigenvalue weighted by atomic mass is 10.0. The Balaban J connectivity index is 4.00. The summed E-state index contributed by atoms with van der Waals surface area (Å²) >= 11 is 0. The number of carbonyl (C=O) groups excluding carboxylic acids is 1. The largest absolute Gasteiger partial charge is 0.472 e. The monoisotopic (exact) mass is 850 g/mol. The minimum Gasteiger partial charge on any atom is -0.457 e. The molecule has 8 nitrogen and oxygen atoms in total. The molecule has 0 spiro atoms. The van der Waals surface area contributed by atoms with Crippen molar-refractivity contribution in [2.45, 2.75) is 219 Å². The first-order chi connectivity index (χ1) is 28.9. The predicted molar refractivity (Wildman–Crippen MR) is 252 cm³/mol. The number of esters is 1. The highest BCUT2D eigenvalue weighted by atomic mass is 31.2. The molecule has 0 bridgehead atoms. The van der Waals surface area contributed by atoms with Crippen molar-refractivity contribution in [3.8, 4) is 0 Å². The zero-order valence-corrected chi connectivity index (χ0v) is 39.1. The molecule has 0 aromatic rings. The average molecular weight is 850 g/mol. The molecule has 0 fully saturated rings. The van der Waals surface area contributed by atoms with E-state index in [4.69, 9.17) is 24.3 Å². The molecule has 59 heavy (non-hydrogen) atoms. The third-order valence-electron chi connectivity index (χ3n) is 10.2. The summed E-state index contributed by atoms with van der Waals surface area (Å²) < 4.78 is 33.5. The van der Waals surface area contributed by atoms with Crippen LogP contribution < -0.4 is 5.73 Å². The molecule has 2 unspecified atom stereocenters. The second-order valence-corrected chi connectivity index (χ2v) is 17.4. The Kier molecular flexibility index (Phi) is 45.8. The van der Waals surface area contributed by atoms with Crippen molar-refractivity contribution in [3.63, 3.8) is 0 Å². The predicted octanol–water partition coefficient (Wildman–Crippen LogP) is 14.9. The van der Waals surface area contributed by atoms with Crippen LogP contribution in [0, 0.1) is 0 Å². The van der Waals surface area contributed by atoms with Gasteiger partial charge in [0.05, 0.1) is 19.8 Å². The number of phosphoric ester groups is 1. The van der Waals surface area contributed by atoms with E-state index < -0.39 is 13.9 Å². The summed E-state index contributed by atoms with van der Waals surface area (Å²) in [5.74, 6) is -0.334. The van der Waals surface area contributed by atoms with Crippen LogP contribution in [-0.4, -0.2) is 49.9 Å². The molecule has 0 saturated heterocycles. The number of hydrogen-bond acceptors (Lipinski definition) is 7. The standard InChI is InChI=1S/C50H92NO7P/c1-3-5-7-9-11-13-15-17-19-21-23-24-25-26-28-30-32-34-36-38-40-42-45-55-47-49(48-57-59(53,54)56-46-44-51)58-50(52)43-41-39-37-35-33-31-29-27-22-20-18-16-14-12-10-8-6-4-2/h5,7,11,13,17,19,23-24,26,28,49H,3-4,6,8-10,12,14-16,18,20-22,25,27,29-48,51H2,1-2H3,(H,53,54)/b7-5-,13-11-,19-17-,24-23-,28-26-. The van der Waals surface area contributed by atoms with Crippen LogP contribution in [0.4, 0.5) is 0 Å². The normalized spacial score (nSPS) is 13.9. The molecule has 0 aromatic heterocycles. The van der Waals surface area contributed by atoms with Gasteiger partial charge in [-0.05, 0) is 57.8 Å². The second-order valence-electron chi connectivity index (χ2n) is 16.0. The fourth-order valence-electron chi connectivity index (χ4n) is 6.67. The van der Waals surface area contributed by atoms with E-state index in [-0.39, 0.29) is 32.3 Å². The summed E-state index contributed by atoms with van der Waals surface area (Å²) in [6.07, 6.45) is 58.2. The molecule has 0 amide bonds. The zero-order chi connectivity index (χ0) is 43.0. The van der Waals surface area contributed by atoms with Crippen LogP contribution in [0.15, 0.2) is 60.8 Å². The van der Waals surface area contributed by atoms with Gasteiger partial charge in [-0.25, -0.2) is 4.57 Å². The summed E-state index contributed by atoms with van der Waals surface area (Å²) in [5.41, 5.74) is 5.38. The number of allylic oxidation sites excluding steroid dienone is 10. The van der Waals surface area contributed by atoms with E-state index in [1.54, 1.807) is 0 Å². The Morgan fingerprint density at radius 3 is 1.42 bits per heavy atom. The van der Waals surface area contributed by atoms with E-state index >= 15 is 0 Å². The fourth-order valence-corrected chi connectivity index (χ4v) is 7.44. The summed E-state index contributed by atoms with van der Waals surface area (Å²) in [6.45, 7) is 4.79. The molecular weight excluding hydrogens is 758 g/mol. The Hall–Kier alpha value is -1.80. The van der Waals surface area contributed by atoms with Crippen LogP contribution in [0.2, 0.25) is 0 Å². The van der Waals surface area contributed by atoms with Gasteiger partial charge in [0.25, 0.3) is 0 Å². The van der Waals surface area contributed by atoms with Crippen molar-refractivity contribution in [2.24, 2.45) is 5.73 Å². The van der Waals surface area contributed by atoms with Crippen LogP contribution in [0.1, 0.15) is 213 Å². The van der Waals surface area contributed by atoms with E-state index in [0.717, 1.165) is 77.0 Å². The van der Waals surface area contributed by atoms with Crippen molar-refractivity contribution >= 4 is 13.8 Å². The SMILES string of the molecule is CC/C=C\C/C=C\C/C=C\C/C=C\C/C=C\CCCCCCCCOCC(COP(=O)(O)OCCN)OC(=O)CCCCCCCCCCCCCCCCCCCC. The van der Waals surface area contributed by atoms with Crippen molar-refractivity contribution in [1.29, 1.82) is 0 Å². The lowest BCUT2D eigenvalue weighted by molar-refractivity contribution is -0.154. The molecule has 9 heteroatoms. The molecule has 3 N–H and O–H groups in total. The minimum atomic E-state index is -4.29. The third-order valence-corrected chi connectivity index (χ3v) is 11.2. The number of hydrogen-bond donors (Lipinski definition) is 2. The molecule has 0 aliphatic rings. The second kappa shape index (κ2) is 47.3. The van der Waals surface area contributed by atoms with E-state index in [1.165, 1.54) is 116 Å². The van der Waals surface area contributed by atoms with Gasteiger partial charge in [0.1, 0.15) is 6.10 Å². The number of phosphoric acid groups is 1. The highest BCUT2D eigenvalue weighted by molar-refractivity contribution is 7.47. The highest BCUT2D eigenvalue weighted by Crippen LogP contribution is 2.43. The van der Waals surface area contributed by atoms with Gasteiger partial charge in [0, 0.05) is 19.6 Å². The summed E-state index contributed by atoms with van der Waals surface area (Å²) in [5, 5.41) is 0. The van der Waals surface area contributed by atoms with Gasteiger partial charge >= 0.3 is 13.8 Å². The minimum absolute atomic E-state index is 0.0964. The van der Waals surface area contributed by atoms with E-state index in [0.29, 0.717) is 13.0 Å². The Bertz CT molecular complexity index is 1090. The highest BCUT2D eigenvalue weighted by Gasteiger charge is 2.25. The fraction of sp³-hybridized carbons (Fsp3) is 0.780. The first kappa shape index (κ1) is 57.2.